The number of methoxy groups -OCH3 is 1. The van der Waals surface area contributed by atoms with Crippen molar-refractivity contribution in [2.75, 3.05) is 40.0 Å². The van der Waals surface area contributed by atoms with Gasteiger partial charge in [-0.15, -0.1) is 0 Å². The summed E-state index contributed by atoms with van der Waals surface area (Å²) in [5.74, 6) is 1.34. The number of nitrogens with zero attached hydrogens (tertiary/aromatic N) is 1. The molecule has 3 aliphatic heterocycles. The molecule has 6 rings (SSSR count). The number of rotatable bonds is 7. The van der Waals surface area contributed by atoms with Crippen molar-refractivity contribution in [1.29, 1.82) is 0 Å². The number of amides is 1. The number of fused-ring (bicyclic) bond motifs is 4. The Kier molecular flexibility index (Phi) is 7.03. The maximum Gasteiger partial charge on any atom is 0.407 e. The van der Waals surface area contributed by atoms with Gasteiger partial charge in [-0.2, -0.15) is 0 Å². The van der Waals surface area contributed by atoms with Crippen molar-refractivity contribution < 1.29 is 19.0 Å². The van der Waals surface area contributed by atoms with Crippen LogP contribution < -0.4 is 10.1 Å². The summed E-state index contributed by atoms with van der Waals surface area (Å²) in [6, 6.07) is 14.7. The van der Waals surface area contributed by atoms with Gasteiger partial charge in [-0.1, -0.05) is 38.1 Å². The summed E-state index contributed by atoms with van der Waals surface area (Å²) in [5, 5.41) is 3.28. The molecule has 1 N–H and O–H groups in total. The van der Waals surface area contributed by atoms with Crippen LogP contribution in [0.3, 0.4) is 0 Å². The molecule has 4 aliphatic rings. The highest BCUT2D eigenvalue weighted by Gasteiger charge is 2.40. The van der Waals surface area contributed by atoms with E-state index in [2.05, 4.69) is 54.4 Å². The van der Waals surface area contributed by atoms with Gasteiger partial charge in [0.15, 0.2) is 0 Å². The van der Waals surface area contributed by atoms with Crippen molar-refractivity contribution in [3.05, 3.63) is 53.6 Å². The summed E-state index contributed by atoms with van der Waals surface area (Å²) in [4.78, 5) is 15.5. The third-order valence-electron chi connectivity index (χ3n) is 8.14. The number of carbonyl (C=O) groups excluding carboxylic acids is 1. The summed E-state index contributed by atoms with van der Waals surface area (Å²) >= 11 is 0. The SMILES string of the molecule is COCCOc1ccc(-c2ccc3c(c2)C(NC(=O)O[C@H]2CN4CCC2CC4)C(C)(C)CC3)cc1. The molecule has 2 bridgehead atoms. The minimum atomic E-state index is -0.280. The Morgan fingerprint density at radius 3 is 2.49 bits per heavy atom. The normalized spacial score (nSPS) is 26.6. The Hall–Kier alpha value is -2.57. The molecule has 2 aromatic carbocycles. The van der Waals surface area contributed by atoms with Crippen LogP contribution in [0.15, 0.2) is 42.5 Å². The van der Waals surface area contributed by atoms with Gasteiger partial charge < -0.3 is 19.5 Å². The zero-order chi connectivity index (χ0) is 24.4. The van der Waals surface area contributed by atoms with Crippen molar-refractivity contribution in [3.63, 3.8) is 0 Å². The molecule has 2 aromatic rings. The second-order valence-electron chi connectivity index (χ2n) is 10.9. The molecule has 3 heterocycles. The zero-order valence-corrected chi connectivity index (χ0v) is 21.2. The Balaban J connectivity index is 1.32. The van der Waals surface area contributed by atoms with E-state index < -0.39 is 0 Å². The number of aryl methyl sites for hydroxylation is 1. The number of piperidine rings is 3. The lowest BCUT2D eigenvalue weighted by Gasteiger charge is -2.44. The molecule has 0 spiro atoms. The smallest absolute Gasteiger partial charge is 0.407 e. The number of carbonyl (C=O) groups is 1. The highest BCUT2D eigenvalue weighted by atomic mass is 16.6. The van der Waals surface area contributed by atoms with Gasteiger partial charge in [0, 0.05) is 13.7 Å². The summed E-state index contributed by atoms with van der Waals surface area (Å²) < 4.78 is 16.8. The molecule has 6 nitrogen and oxygen atoms in total. The lowest BCUT2D eigenvalue weighted by Crippen LogP contribution is -2.53. The van der Waals surface area contributed by atoms with Crippen LogP contribution in [-0.4, -0.2) is 57.1 Å². The number of alkyl carbamates (subject to hydrolysis) is 1. The van der Waals surface area contributed by atoms with Crippen molar-refractivity contribution in [2.45, 2.75) is 51.7 Å². The topological polar surface area (TPSA) is 60.0 Å². The number of nitrogens with one attached hydrogen (secondary N) is 1. The third-order valence-corrected chi connectivity index (χ3v) is 8.14. The van der Waals surface area contributed by atoms with Gasteiger partial charge in [0.2, 0.25) is 0 Å². The minimum absolute atomic E-state index is 0.0135. The zero-order valence-electron chi connectivity index (χ0n) is 21.2. The maximum atomic E-state index is 13.1. The third kappa shape index (κ3) is 5.34. The second kappa shape index (κ2) is 10.2. The van der Waals surface area contributed by atoms with Gasteiger partial charge in [0.25, 0.3) is 0 Å². The first-order chi connectivity index (χ1) is 16.9. The molecule has 1 aliphatic carbocycles. The van der Waals surface area contributed by atoms with Crippen molar-refractivity contribution in [1.82, 2.24) is 10.2 Å². The molecular formula is C29H38N2O4. The fourth-order valence-corrected chi connectivity index (χ4v) is 5.89. The van der Waals surface area contributed by atoms with E-state index in [1.807, 2.05) is 12.1 Å². The quantitative estimate of drug-likeness (QED) is 0.554. The average Bonchev–Trinajstić information content (AvgIpc) is 2.87. The van der Waals surface area contributed by atoms with E-state index in [1.54, 1.807) is 7.11 Å². The van der Waals surface area contributed by atoms with Gasteiger partial charge >= 0.3 is 6.09 Å². The van der Waals surface area contributed by atoms with Crippen LogP contribution in [0.1, 0.15) is 50.3 Å². The van der Waals surface area contributed by atoms with Crippen molar-refractivity contribution in [3.8, 4) is 16.9 Å². The molecule has 3 fully saturated rings. The van der Waals surface area contributed by atoms with E-state index in [1.165, 1.54) is 11.1 Å². The summed E-state index contributed by atoms with van der Waals surface area (Å²) in [6.07, 6.45) is 4.04. The fourth-order valence-electron chi connectivity index (χ4n) is 5.89. The molecule has 2 atom stereocenters. The predicted octanol–water partition coefficient (Wildman–Crippen LogP) is 5.21. The van der Waals surface area contributed by atoms with E-state index in [9.17, 15) is 4.79 Å². The van der Waals surface area contributed by atoms with Gasteiger partial charge in [0.05, 0.1) is 12.6 Å². The molecule has 1 amide bonds. The van der Waals surface area contributed by atoms with Crippen molar-refractivity contribution in [2.24, 2.45) is 11.3 Å². The number of hydrogen-bond donors (Lipinski definition) is 1. The number of ether oxygens (including phenoxy) is 3. The molecule has 188 valence electrons. The molecule has 1 unspecified atom stereocenters. The highest BCUT2D eigenvalue weighted by Crippen LogP contribution is 2.45. The first kappa shape index (κ1) is 24.1. The lowest BCUT2D eigenvalue weighted by molar-refractivity contribution is -0.0353. The van der Waals surface area contributed by atoms with Crippen LogP contribution in [0.5, 0.6) is 5.75 Å². The monoisotopic (exact) mass is 478 g/mol. The molecule has 0 radical (unpaired) electrons. The summed E-state index contributed by atoms with van der Waals surface area (Å²) in [6.45, 7) is 8.74. The van der Waals surface area contributed by atoms with E-state index in [0.717, 1.165) is 62.2 Å². The number of benzene rings is 2. The molecule has 35 heavy (non-hydrogen) atoms. The van der Waals surface area contributed by atoms with Crippen LogP contribution in [0.25, 0.3) is 11.1 Å². The van der Waals surface area contributed by atoms with Crippen molar-refractivity contribution >= 4 is 6.09 Å². The van der Waals surface area contributed by atoms with Crippen LogP contribution >= 0.6 is 0 Å². The minimum Gasteiger partial charge on any atom is -0.491 e. The van der Waals surface area contributed by atoms with E-state index in [0.29, 0.717) is 19.1 Å². The maximum absolute atomic E-state index is 13.1. The fraction of sp³-hybridized carbons (Fsp3) is 0.552. The molecule has 3 saturated heterocycles. The molecular weight excluding hydrogens is 440 g/mol. The highest BCUT2D eigenvalue weighted by molar-refractivity contribution is 5.70. The van der Waals surface area contributed by atoms with Crippen LogP contribution in [0.4, 0.5) is 4.79 Å². The number of hydrogen-bond acceptors (Lipinski definition) is 5. The van der Waals surface area contributed by atoms with E-state index >= 15 is 0 Å². The molecule has 6 heteroatoms. The van der Waals surface area contributed by atoms with E-state index in [-0.39, 0.29) is 23.7 Å². The second-order valence-corrected chi connectivity index (χ2v) is 10.9. The standard InChI is InChI=1S/C29H38N2O4/c1-29(2)13-10-21-4-5-23(20-6-8-24(9-7-20)34-17-16-33-3)18-25(21)27(29)30-28(32)35-26-19-31-14-11-22(26)12-15-31/h4-9,18,22,26-27H,10-17,19H2,1-3H3,(H,30,32)/t26-,27?/m0/s1. The van der Waals surface area contributed by atoms with E-state index in [4.69, 9.17) is 14.2 Å². The summed E-state index contributed by atoms with van der Waals surface area (Å²) in [5.41, 5.74) is 4.72. The van der Waals surface area contributed by atoms with Crippen LogP contribution in [0.2, 0.25) is 0 Å². The van der Waals surface area contributed by atoms with Gasteiger partial charge in [0.1, 0.15) is 18.5 Å². The van der Waals surface area contributed by atoms with Gasteiger partial charge in [-0.3, -0.25) is 4.90 Å². The van der Waals surface area contributed by atoms with Crippen LogP contribution in [-0.2, 0) is 15.9 Å². The molecule has 0 aromatic heterocycles. The van der Waals surface area contributed by atoms with Gasteiger partial charge in [-0.25, -0.2) is 4.79 Å². The lowest BCUT2D eigenvalue weighted by atomic mass is 9.70. The Morgan fingerprint density at radius 1 is 1.06 bits per heavy atom. The van der Waals surface area contributed by atoms with Gasteiger partial charge in [-0.05, 0) is 90.6 Å². The Morgan fingerprint density at radius 2 is 1.80 bits per heavy atom. The average molecular weight is 479 g/mol. The van der Waals surface area contributed by atoms with Crippen LogP contribution in [0, 0.1) is 11.3 Å². The first-order valence-corrected chi connectivity index (χ1v) is 13.0. The largest absolute Gasteiger partial charge is 0.491 e. The summed E-state index contributed by atoms with van der Waals surface area (Å²) in [7, 11) is 1.67. The Bertz CT molecular complexity index is 1030. The first-order valence-electron chi connectivity index (χ1n) is 13.0. The predicted molar refractivity (Wildman–Crippen MR) is 137 cm³/mol. The molecule has 0 saturated carbocycles. The Labute approximate surface area is 208 Å².